The molecule has 1 aromatic carbocycles. The molecule has 2 aromatic rings. The van der Waals surface area contributed by atoms with Crippen molar-refractivity contribution < 1.29 is 14.1 Å². The van der Waals surface area contributed by atoms with Crippen LogP contribution >= 0.6 is 11.6 Å². The molecule has 1 saturated carbocycles. The molecule has 1 heterocycles. The molecule has 22 heavy (non-hydrogen) atoms. The van der Waals surface area contributed by atoms with Crippen molar-refractivity contribution in [2.24, 2.45) is 0 Å². The summed E-state index contributed by atoms with van der Waals surface area (Å²) >= 11 is 5.94. The Bertz CT molecular complexity index is 697. The highest BCUT2D eigenvalue weighted by Gasteiger charge is 2.30. The summed E-state index contributed by atoms with van der Waals surface area (Å²) in [5.41, 5.74) is 0.365. The van der Waals surface area contributed by atoms with Crippen molar-refractivity contribution in [3.8, 4) is 5.75 Å². The van der Waals surface area contributed by atoms with Gasteiger partial charge in [-0.2, -0.15) is 4.98 Å². The maximum atomic E-state index is 12.4. The maximum Gasteiger partial charge on any atom is 0.255 e. The van der Waals surface area contributed by atoms with Crippen LogP contribution in [-0.4, -0.2) is 23.2 Å². The molecular formula is C15H16ClN3O3. The standard InChI is InChI=1S/C15H16ClN3O3/c1-8(15-18-13(19-22-15)9-3-4-9)17-14(20)11-7-10(16)5-6-12(11)21-2/h5-9H,3-4H2,1-2H3,(H,17,20)/t8-/m0/s1. The van der Waals surface area contributed by atoms with E-state index in [-0.39, 0.29) is 5.91 Å². The molecule has 0 unspecified atom stereocenters. The SMILES string of the molecule is COc1ccc(Cl)cc1C(=O)N[C@@H](C)c1nc(C2CC2)no1. The van der Waals surface area contributed by atoms with Crippen molar-refractivity contribution in [3.05, 3.63) is 40.5 Å². The Morgan fingerprint density at radius 2 is 2.27 bits per heavy atom. The number of carbonyl (C=O) groups excluding carboxylic acids is 1. The third-order valence-corrected chi connectivity index (χ3v) is 3.76. The van der Waals surface area contributed by atoms with Crippen LogP contribution in [0.1, 0.15) is 53.8 Å². The third-order valence-electron chi connectivity index (χ3n) is 3.52. The van der Waals surface area contributed by atoms with Gasteiger partial charge in [-0.1, -0.05) is 16.8 Å². The first kappa shape index (κ1) is 14.8. The summed E-state index contributed by atoms with van der Waals surface area (Å²) in [7, 11) is 1.50. The summed E-state index contributed by atoms with van der Waals surface area (Å²) in [6.07, 6.45) is 2.19. The van der Waals surface area contributed by atoms with Crippen molar-refractivity contribution in [3.63, 3.8) is 0 Å². The number of methoxy groups -OCH3 is 1. The average Bonchev–Trinajstić information content (AvgIpc) is 3.24. The minimum Gasteiger partial charge on any atom is -0.496 e. The van der Waals surface area contributed by atoms with Gasteiger partial charge in [0.2, 0.25) is 5.89 Å². The van der Waals surface area contributed by atoms with Crippen molar-refractivity contribution in [2.45, 2.75) is 31.7 Å². The molecule has 1 fully saturated rings. The topological polar surface area (TPSA) is 77.2 Å². The van der Waals surface area contributed by atoms with Gasteiger partial charge in [0.1, 0.15) is 11.8 Å². The fraction of sp³-hybridized carbons (Fsp3) is 0.400. The number of nitrogens with one attached hydrogen (secondary N) is 1. The number of ether oxygens (including phenoxy) is 1. The smallest absolute Gasteiger partial charge is 0.255 e. The Balaban J connectivity index is 1.73. The molecule has 1 amide bonds. The molecule has 6 nitrogen and oxygen atoms in total. The zero-order chi connectivity index (χ0) is 15.7. The van der Waals surface area contributed by atoms with Crippen LogP contribution in [0.25, 0.3) is 0 Å². The van der Waals surface area contributed by atoms with Crippen LogP contribution in [0.15, 0.2) is 22.7 Å². The predicted molar refractivity (Wildman–Crippen MR) is 80.2 cm³/mol. The second-order valence-corrected chi connectivity index (χ2v) is 5.74. The van der Waals surface area contributed by atoms with E-state index in [4.69, 9.17) is 20.9 Å². The summed E-state index contributed by atoms with van der Waals surface area (Å²) in [5.74, 6) is 1.68. The molecule has 1 aliphatic rings. The maximum absolute atomic E-state index is 12.4. The van der Waals surface area contributed by atoms with Gasteiger partial charge in [0, 0.05) is 10.9 Å². The first-order valence-corrected chi connectivity index (χ1v) is 7.44. The number of rotatable bonds is 5. The molecule has 1 aliphatic carbocycles. The quantitative estimate of drug-likeness (QED) is 0.915. The molecule has 1 atom stereocenters. The number of amides is 1. The molecule has 7 heteroatoms. The molecule has 0 bridgehead atoms. The van der Waals surface area contributed by atoms with Crippen LogP contribution in [0.2, 0.25) is 5.02 Å². The van der Waals surface area contributed by atoms with Gasteiger partial charge in [-0.15, -0.1) is 0 Å². The lowest BCUT2D eigenvalue weighted by Crippen LogP contribution is -2.27. The summed E-state index contributed by atoms with van der Waals surface area (Å²) in [6, 6.07) is 4.49. The van der Waals surface area contributed by atoms with E-state index in [1.807, 2.05) is 0 Å². The Kier molecular flexibility index (Phi) is 4.02. The van der Waals surface area contributed by atoms with Crippen molar-refractivity contribution >= 4 is 17.5 Å². The number of carbonyl (C=O) groups is 1. The Morgan fingerprint density at radius 1 is 1.50 bits per heavy atom. The number of aromatic nitrogens is 2. The number of hydrogen-bond acceptors (Lipinski definition) is 5. The molecule has 1 N–H and O–H groups in total. The monoisotopic (exact) mass is 321 g/mol. The Labute approximate surface area is 132 Å². The lowest BCUT2D eigenvalue weighted by Gasteiger charge is -2.12. The predicted octanol–water partition coefficient (Wildman–Crippen LogP) is 3.10. The third kappa shape index (κ3) is 3.06. The highest BCUT2D eigenvalue weighted by Crippen LogP contribution is 2.38. The number of nitrogens with zero attached hydrogens (tertiary/aromatic N) is 2. The van der Waals surface area contributed by atoms with E-state index in [1.54, 1.807) is 25.1 Å². The minimum absolute atomic E-state index is 0.307. The highest BCUT2D eigenvalue weighted by atomic mass is 35.5. The Morgan fingerprint density at radius 3 is 2.95 bits per heavy atom. The van der Waals surface area contributed by atoms with Crippen molar-refractivity contribution in [2.75, 3.05) is 7.11 Å². The molecule has 0 radical (unpaired) electrons. The second kappa shape index (κ2) is 5.96. The van der Waals surface area contributed by atoms with Gasteiger partial charge < -0.3 is 14.6 Å². The van der Waals surface area contributed by atoms with E-state index in [2.05, 4.69) is 15.5 Å². The largest absolute Gasteiger partial charge is 0.496 e. The zero-order valence-corrected chi connectivity index (χ0v) is 13.1. The minimum atomic E-state index is -0.392. The Hall–Kier alpha value is -2.08. The van der Waals surface area contributed by atoms with E-state index in [0.29, 0.717) is 28.1 Å². The van der Waals surface area contributed by atoms with Crippen molar-refractivity contribution in [1.29, 1.82) is 0 Å². The molecule has 0 spiro atoms. The van der Waals surface area contributed by atoms with Crippen LogP contribution in [0, 0.1) is 0 Å². The van der Waals surface area contributed by atoms with Gasteiger partial charge >= 0.3 is 0 Å². The first-order chi connectivity index (χ1) is 10.6. The van der Waals surface area contributed by atoms with E-state index < -0.39 is 6.04 Å². The average molecular weight is 322 g/mol. The molecule has 116 valence electrons. The summed E-state index contributed by atoms with van der Waals surface area (Å²) in [5, 5.41) is 7.22. The number of hydrogen-bond donors (Lipinski definition) is 1. The van der Waals surface area contributed by atoms with Gasteiger partial charge in [-0.05, 0) is 38.0 Å². The van der Waals surface area contributed by atoms with E-state index in [9.17, 15) is 4.79 Å². The van der Waals surface area contributed by atoms with Gasteiger partial charge in [0.25, 0.3) is 5.91 Å². The fourth-order valence-electron chi connectivity index (χ4n) is 2.12. The zero-order valence-electron chi connectivity index (χ0n) is 12.3. The lowest BCUT2D eigenvalue weighted by molar-refractivity contribution is 0.0929. The number of benzene rings is 1. The molecule has 1 aromatic heterocycles. The summed E-state index contributed by atoms with van der Waals surface area (Å²) in [4.78, 5) is 16.7. The molecule has 0 saturated heterocycles. The van der Waals surface area contributed by atoms with Crippen LogP contribution in [0.5, 0.6) is 5.75 Å². The van der Waals surface area contributed by atoms with Crippen LogP contribution < -0.4 is 10.1 Å². The molecule has 0 aliphatic heterocycles. The van der Waals surface area contributed by atoms with Crippen molar-refractivity contribution in [1.82, 2.24) is 15.5 Å². The normalized spacial score (nSPS) is 15.4. The van der Waals surface area contributed by atoms with Gasteiger partial charge in [-0.25, -0.2) is 0 Å². The summed E-state index contributed by atoms with van der Waals surface area (Å²) in [6.45, 7) is 1.79. The van der Waals surface area contributed by atoms with E-state index in [1.165, 1.54) is 7.11 Å². The van der Waals surface area contributed by atoms with Crippen LogP contribution in [0.4, 0.5) is 0 Å². The number of halogens is 1. The van der Waals surface area contributed by atoms with Crippen LogP contribution in [-0.2, 0) is 0 Å². The molecule has 3 rings (SSSR count). The molecular weight excluding hydrogens is 306 g/mol. The lowest BCUT2D eigenvalue weighted by atomic mass is 10.1. The van der Waals surface area contributed by atoms with Gasteiger partial charge in [-0.3, -0.25) is 4.79 Å². The highest BCUT2D eigenvalue weighted by molar-refractivity contribution is 6.31. The van der Waals surface area contributed by atoms with E-state index >= 15 is 0 Å². The van der Waals surface area contributed by atoms with E-state index in [0.717, 1.165) is 18.7 Å². The van der Waals surface area contributed by atoms with Gasteiger partial charge in [0.05, 0.1) is 12.7 Å². The summed E-state index contributed by atoms with van der Waals surface area (Å²) < 4.78 is 10.4. The fourth-order valence-corrected chi connectivity index (χ4v) is 2.30. The van der Waals surface area contributed by atoms with Crippen LogP contribution in [0.3, 0.4) is 0 Å². The first-order valence-electron chi connectivity index (χ1n) is 7.06. The van der Waals surface area contributed by atoms with Gasteiger partial charge in [0.15, 0.2) is 5.82 Å². The second-order valence-electron chi connectivity index (χ2n) is 5.30.